The molecule has 0 saturated carbocycles. The highest BCUT2D eigenvalue weighted by molar-refractivity contribution is 7.99. The third kappa shape index (κ3) is 5.53. The summed E-state index contributed by atoms with van der Waals surface area (Å²) in [6.45, 7) is 13.2. The molecule has 0 saturated heterocycles. The van der Waals surface area contributed by atoms with Crippen molar-refractivity contribution in [2.75, 3.05) is 18.9 Å². The van der Waals surface area contributed by atoms with Gasteiger partial charge in [0.2, 0.25) is 0 Å². The Bertz CT molecular complexity index is 413. The Kier molecular flexibility index (Phi) is 8.15. The van der Waals surface area contributed by atoms with E-state index in [1.165, 1.54) is 4.90 Å². The molecule has 0 aliphatic heterocycles. The molecule has 0 fully saturated rings. The molecule has 4 heteroatoms. The smallest absolute Gasteiger partial charge is 0.124 e. The van der Waals surface area contributed by atoms with Gasteiger partial charge in [-0.1, -0.05) is 13.0 Å². The maximum Gasteiger partial charge on any atom is 0.124 e. The second-order valence-corrected chi connectivity index (χ2v) is 6.95. The maximum absolute atomic E-state index is 6.01. The van der Waals surface area contributed by atoms with E-state index < -0.39 is 0 Å². The molecule has 1 aromatic rings. The molecular weight excluding hydrogens is 280 g/mol. The fraction of sp³-hybridized carbons (Fsp3) is 0.647. The van der Waals surface area contributed by atoms with Crippen molar-refractivity contribution in [3.05, 3.63) is 23.8 Å². The minimum Gasteiger partial charge on any atom is -0.492 e. The van der Waals surface area contributed by atoms with Crippen molar-refractivity contribution in [1.29, 1.82) is 0 Å². The van der Waals surface area contributed by atoms with Crippen LogP contribution in [0.3, 0.4) is 0 Å². The number of rotatable bonds is 9. The van der Waals surface area contributed by atoms with Gasteiger partial charge in [0, 0.05) is 35.6 Å². The highest BCUT2D eigenvalue weighted by Crippen LogP contribution is 2.29. The molecule has 0 aromatic heterocycles. The van der Waals surface area contributed by atoms with Crippen LogP contribution in [0.4, 0.5) is 0 Å². The van der Waals surface area contributed by atoms with E-state index in [-0.39, 0.29) is 0 Å². The predicted octanol–water partition coefficient (Wildman–Crippen LogP) is 3.75. The van der Waals surface area contributed by atoms with Gasteiger partial charge in [0.1, 0.15) is 12.4 Å². The summed E-state index contributed by atoms with van der Waals surface area (Å²) in [6.07, 6.45) is 0. The third-order valence-corrected chi connectivity index (χ3v) is 4.51. The van der Waals surface area contributed by atoms with Crippen LogP contribution in [0.1, 0.15) is 40.2 Å². The van der Waals surface area contributed by atoms with Crippen molar-refractivity contribution in [2.45, 2.75) is 58.1 Å². The Morgan fingerprint density at radius 2 is 1.86 bits per heavy atom. The van der Waals surface area contributed by atoms with Crippen LogP contribution in [0, 0.1) is 0 Å². The molecule has 1 aromatic carbocycles. The average molecular weight is 311 g/mol. The van der Waals surface area contributed by atoms with Crippen LogP contribution < -0.4 is 10.5 Å². The lowest BCUT2D eigenvalue weighted by Gasteiger charge is -2.30. The summed E-state index contributed by atoms with van der Waals surface area (Å²) in [5.41, 5.74) is 7.04. The standard InChI is InChI=1S/C17H30N2OS/c1-6-21-17-9-7-8-16(15(17)12-18)20-11-10-19(13(2)3)14(4)5/h7-9,13-14H,6,10-12,18H2,1-5H3. The molecule has 3 nitrogen and oxygen atoms in total. The summed E-state index contributed by atoms with van der Waals surface area (Å²) in [5.74, 6) is 1.98. The number of ether oxygens (including phenoxy) is 1. The summed E-state index contributed by atoms with van der Waals surface area (Å²) in [5, 5.41) is 0. The van der Waals surface area contributed by atoms with Gasteiger partial charge in [-0.05, 0) is 45.6 Å². The third-order valence-electron chi connectivity index (χ3n) is 3.53. The first-order chi connectivity index (χ1) is 10.0. The molecule has 0 spiro atoms. The molecule has 0 aliphatic rings. The van der Waals surface area contributed by atoms with Gasteiger partial charge in [-0.25, -0.2) is 0 Å². The van der Waals surface area contributed by atoms with E-state index in [0.29, 0.717) is 25.2 Å². The van der Waals surface area contributed by atoms with Gasteiger partial charge < -0.3 is 10.5 Å². The Hall–Kier alpha value is -0.710. The fourth-order valence-corrected chi connectivity index (χ4v) is 3.39. The van der Waals surface area contributed by atoms with E-state index in [4.69, 9.17) is 10.5 Å². The minimum atomic E-state index is 0.524. The Morgan fingerprint density at radius 1 is 1.19 bits per heavy atom. The second-order valence-electron chi connectivity index (χ2n) is 5.64. The van der Waals surface area contributed by atoms with Gasteiger partial charge in [-0.3, -0.25) is 4.90 Å². The van der Waals surface area contributed by atoms with E-state index in [2.05, 4.69) is 51.7 Å². The molecule has 21 heavy (non-hydrogen) atoms. The Morgan fingerprint density at radius 3 is 2.38 bits per heavy atom. The van der Waals surface area contributed by atoms with Crippen molar-refractivity contribution >= 4 is 11.8 Å². The quantitative estimate of drug-likeness (QED) is 0.705. The molecule has 0 unspecified atom stereocenters. The molecule has 120 valence electrons. The zero-order valence-electron chi connectivity index (χ0n) is 14.1. The van der Waals surface area contributed by atoms with Gasteiger partial charge in [0.15, 0.2) is 0 Å². The summed E-state index contributed by atoms with van der Waals surface area (Å²) in [6, 6.07) is 7.26. The molecule has 0 heterocycles. The molecular formula is C17H30N2OS. The van der Waals surface area contributed by atoms with Crippen LogP contribution in [0.5, 0.6) is 5.75 Å². The topological polar surface area (TPSA) is 38.5 Å². The normalized spacial score (nSPS) is 11.7. The van der Waals surface area contributed by atoms with E-state index >= 15 is 0 Å². The van der Waals surface area contributed by atoms with Crippen molar-refractivity contribution in [3.8, 4) is 5.75 Å². The van der Waals surface area contributed by atoms with Crippen molar-refractivity contribution < 1.29 is 4.74 Å². The van der Waals surface area contributed by atoms with E-state index in [9.17, 15) is 0 Å². The van der Waals surface area contributed by atoms with E-state index in [1.807, 2.05) is 17.8 Å². The summed E-state index contributed by atoms with van der Waals surface area (Å²) >= 11 is 1.82. The summed E-state index contributed by atoms with van der Waals surface area (Å²) < 4.78 is 6.01. The molecule has 0 radical (unpaired) electrons. The SMILES string of the molecule is CCSc1cccc(OCCN(C(C)C)C(C)C)c1CN. The van der Waals surface area contributed by atoms with E-state index in [1.54, 1.807) is 0 Å². The van der Waals surface area contributed by atoms with Gasteiger partial charge in [0.25, 0.3) is 0 Å². The predicted molar refractivity (Wildman–Crippen MR) is 93.2 cm³/mol. The number of hydrogen-bond donors (Lipinski definition) is 1. The summed E-state index contributed by atoms with van der Waals surface area (Å²) in [4.78, 5) is 3.68. The number of benzene rings is 1. The van der Waals surface area contributed by atoms with E-state index in [0.717, 1.165) is 23.6 Å². The van der Waals surface area contributed by atoms with Gasteiger partial charge in [0.05, 0.1) is 0 Å². The molecule has 0 aliphatic carbocycles. The zero-order chi connectivity index (χ0) is 15.8. The Labute approximate surface area is 134 Å². The second kappa shape index (κ2) is 9.34. The van der Waals surface area contributed by atoms with Gasteiger partial charge >= 0.3 is 0 Å². The fourth-order valence-electron chi connectivity index (χ4n) is 2.55. The first kappa shape index (κ1) is 18.3. The number of hydrogen-bond acceptors (Lipinski definition) is 4. The van der Waals surface area contributed by atoms with Crippen LogP contribution >= 0.6 is 11.8 Å². The monoisotopic (exact) mass is 310 g/mol. The largest absolute Gasteiger partial charge is 0.492 e. The molecule has 0 bridgehead atoms. The van der Waals surface area contributed by atoms with Gasteiger partial charge in [-0.15, -0.1) is 11.8 Å². The highest BCUT2D eigenvalue weighted by Gasteiger charge is 2.14. The molecule has 1 rings (SSSR count). The number of nitrogens with two attached hydrogens (primary N) is 1. The minimum absolute atomic E-state index is 0.524. The maximum atomic E-state index is 6.01. The first-order valence-electron chi connectivity index (χ1n) is 7.84. The molecule has 2 N–H and O–H groups in total. The van der Waals surface area contributed by atoms with Crippen LogP contribution in [0.15, 0.2) is 23.1 Å². The van der Waals surface area contributed by atoms with Crippen LogP contribution in [-0.4, -0.2) is 35.9 Å². The average Bonchev–Trinajstić information content (AvgIpc) is 2.43. The molecule has 0 atom stereocenters. The highest BCUT2D eigenvalue weighted by atomic mass is 32.2. The van der Waals surface area contributed by atoms with Crippen LogP contribution in [0.25, 0.3) is 0 Å². The number of nitrogens with zero attached hydrogens (tertiary/aromatic N) is 1. The molecule has 0 amide bonds. The lowest BCUT2D eigenvalue weighted by molar-refractivity contribution is 0.141. The van der Waals surface area contributed by atoms with Crippen LogP contribution in [0.2, 0.25) is 0 Å². The first-order valence-corrected chi connectivity index (χ1v) is 8.83. The summed E-state index contributed by atoms with van der Waals surface area (Å²) in [7, 11) is 0. The van der Waals surface area contributed by atoms with Crippen LogP contribution in [-0.2, 0) is 6.54 Å². The van der Waals surface area contributed by atoms with Crippen molar-refractivity contribution in [1.82, 2.24) is 4.90 Å². The van der Waals surface area contributed by atoms with Crippen molar-refractivity contribution in [3.63, 3.8) is 0 Å². The lowest BCUT2D eigenvalue weighted by atomic mass is 10.2. The lowest BCUT2D eigenvalue weighted by Crippen LogP contribution is -2.39. The Balaban J connectivity index is 2.68. The van der Waals surface area contributed by atoms with Gasteiger partial charge in [-0.2, -0.15) is 0 Å². The zero-order valence-corrected chi connectivity index (χ0v) is 14.9. The van der Waals surface area contributed by atoms with Crippen molar-refractivity contribution in [2.24, 2.45) is 5.73 Å². The number of thioether (sulfide) groups is 1.